The SMILES string of the molecule is Cc1cc(C)c2c(c1)N(C(=O)c1ccc(Cl)cc1[N+](=O)[O-])CCC2. The molecule has 2 aromatic carbocycles. The van der Waals surface area contributed by atoms with Gasteiger partial charge in [0.25, 0.3) is 11.6 Å². The van der Waals surface area contributed by atoms with Crippen LogP contribution >= 0.6 is 11.6 Å². The van der Waals surface area contributed by atoms with Crippen LogP contribution in [-0.4, -0.2) is 17.4 Å². The number of nitrogens with zero attached hydrogens (tertiary/aromatic N) is 2. The lowest BCUT2D eigenvalue weighted by Gasteiger charge is -2.31. The third-order valence-corrected chi connectivity index (χ3v) is 4.56. The van der Waals surface area contributed by atoms with Gasteiger partial charge in [0.2, 0.25) is 0 Å². The van der Waals surface area contributed by atoms with Crippen molar-refractivity contribution in [3.63, 3.8) is 0 Å². The molecule has 3 rings (SSSR count). The number of aryl methyl sites for hydroxylation is 2. The molecule has 1 aliphatic rings. The summed E-state index contributed by atoms with van der Waals surface area (Å²) in [4.78, 5) is 25.4. The van der Waals surface area contributed by atoms with Crippen molar-refractivity contribution in [3.05, 3.63) is 67.7 Å². The van der Waals surface area contributed by atoms with E-state index in [2.05, 4.69) is 6.07 Å². The molecule has 5 nitrogen and oxygen atoms in total. The molecule has 0 radical (unpaired) electrons. The van der Waals surface area contributed by atoms with Crippen molar-refractivity contribution in [1.29, 1.82) is 0 Å². The maximum Gasteiger partial charge on any atom is 0.283 e. The first kappa shape index (κ1) is 16.5. The van der Waals surface area contributed by atoms with Crippen LogP contribution in [0.1, 0.15) is 33.5 Å². The van der Waals surface area contributed by atoms with Crippen molar-refractivity contribution in [2.24, 2.45) is 0 Å². The summed E-state index contributed by atoms with van der Waals surface area (Å²) in [6, 6.07) is 8.23. The van der Waals surface area contributed by atoms with Gasteiger partial charge >= 0.3 is 0 Å². The Morgan fingerprint density at radius 3 is 2.71 bits per heavy atom. The molecule has 0 unspecified atom stereocenters. The smallest absolute Gasteiger partial charge is 0.283 e. The number of fused-ring (bicyclic) bond motifs is 1. The Morgan fingerprint density at radius 2 is 2.00 bits per heavy atom. The summed E-state index contributed by atoms with van der Waals surface area (Å²) in [5.74, 6) is -0.357. The highest BCUT2D eigenvalue weighted by atomic mass is 35.5. The van der Waals surface area contributed by atoms with Gasteiger partial charge in [0.1, 0.15) is 5.56 Å². The molecule has 0 saturated carbocycles. The van der Waals surface area contributed by atoms with Crippen molar-refractivity contribution in [1.82, 2.24) is 0 Å². The maximum absolute atomic E-state index is 13.0. The monoisotopic (exact) mass is 344 g/mol. The van der Waals surface area contributed by atoms with Gasteiger partial charge in [-0.2, -0.15) is 0 Å². The van der Waals surface area contributed by atoms with Crippen LogP contribution in [0.4, 0.5) is 11.4 Å². The van der Waals surface area contributed by atoms with E-state index in [4.69, 9.17) is 11.6 Å². The van der Waals surface area contributed by atoms with Crippen LogP contribution < -0.4 is 4.90 Å². The highest BCUT2D eigenvalue weighted by Crippen LogP contribution is 2.34. The fraction of sp³-hybridized carbons (Fsp3) is 0.278. The zero-order valence-corrected chi connectivity index (χ0v) is 14.3. The Bertz CT molecular complexity index is 848. The van der Waals surface area contributed by atoms with E-state index in [1.165, 1.54) is 18.2 Å². The van der Waals surface area contributed by atoms with Crippen molar-refractivity contribution >= 4 is 28.9 Å². The van der Waals surface area contributed by atoms with Crippen LogP contribution in [0, 0.1) is 24.0 Å². The molecular weight excluding hydrogens is 328 g/mol. The number of anilines is 1. The molecule has 0 bridgehead atoms. The Morgan fingerprint density at radius 1 is 1.25 bits per heavy atom. The number of halogens is 1. The average molecular weight is 345 g/mol. The molecule has 24 heavy (non-hydrogen) atoms. The maximum atomic E-state index is 13.0. The second-order valence-electron chi connectivity index (χ2n) is 6.06. The number of hydrogen-bond acceptors (Lipinski definition) is 3. The van der Waals surface area contributed by atoms with Gasteiger partial charge in [0.15, 0.2) is 0 Å². The van der Waals surface area contributed by atoms with E-state index in [0.717, 1.165) is 35.2 Å². The van der Waals surface area contributed by atoms with Gasteiger partial charge < -0.3 is 4.90 Å². The van der Waals surface area contributed by atoms with Crippen molar-refractivity contribution in [2.45, 2.75) is 26.7 Å². The number of benzene rings is 2. The largest absolute Gasteiger partial charge is 0.308 e. The van der Waals surface area contributed by atoms with Gasteiger partial charge in [-0.3, -0.25) is 14.9 Å². The Labute approximate surface area is 145 Å². The fourth-order valence-corrected chi connectivity index (χ4v) is 3.43. The van der Waals surface area contributed by atoms with Gasteiger partial charge in [0.05, 0.1) is 4.92 Å². The first-order valence-electron chi connectivity index (χ1n) is 7.74. The van der Waals surface area contributed by atoms with Gasteiger partial charge in [-0.1, -0.05) is 17.7 Å². The topological polar surface area (TPSA) is 63.5 Å². The first-order valence-corrected chi connectivity index (χ1v) is 8.12. The standard InChI is InChI=1S/C18H17ClN2O3/c1-11-8-12(2)14-4-3-7-20(16(14)9-11)18(22)15-6-5-13(19)10-17(15)21(23)24/h5-6,8-10H,3-4,7H2,1-2H3. The lowest BCUT2D eigenvalue weighted by Crippen LogP contribution is -2.36. The molecule has 0 saturated heterocycles. The van der Waals surface area contributed by atoms with Crippen molar-refractivity contribution < 1.29 is 9.72 Å². The molecule has 1 heterocycles. The quantitative estimate of drug-likeness (QED) is 0.597. The summed E-state index contributed by atoms with van der Waals surface area (Å²) >= 11 is 5.84. The zero-order valence-electron chi connectivity index (χ0n) is 13.5. The molecule has 6 heteroatoms. The number of amides is 1. The van der Waals surface area contributed by atoms with E-state index in [1.54, 1.807) is 4.90 Å². The molecule has 2 aromatic rings. The van der Waals surface area contributed by atoms with Gasteiger partial charge in [-0.25, -0.2) is 0 Å². The van der Waals surface area contributed by atoms with Gasteiger partial charge in [-0.05, 0) is 61.6 Å². The van der Waals surface area contributed by atoms with E-state index in [-0.39, 0.29) is 22.2 Å². The molecule has 0 aromatic heterocycles. The fourth-order valence-electron chi connectivity index (χ4n) is 3.27. The average Bonchev–Trinajstić information content (AvgIpc) is 2.53. The highest BCUT2D eigenvalue weighted by Gasteiger charge is 2.29. The predicted molar refractivity (Wildman–Crippen MR) is 94.0 cm³/mol. The first-order chi connectivity index (χ1) is 11.4. The van der Waals surface area contributed by atoms with E-state index in [1.807, 2.05) is 19.9 Å². The molecule has 124 valence electrons. The number of rotatable bonds is 2. The third kappa shape index (κ3) is 2.87. The molecule has 1 amide bonds. The molecule has 0 spiro atoms. The molecule has 0 atom stereocenters. The minimum absolute atomic E-state index is 0.0661. The minimum atomic E-state index is -0.564. The van der Waals surface area contributed by atoms with Gasteiger partial charge in [0, 0.05) is 23.3 Å². The number of nitro benzene ring substituents is 1. The van der Waals surface area contributed by atoms with E-state index < -0.39 is 4.92 Å². The lowest BCUT2D eigenvalue weighted by molar-refractivity contribution is -0.385. The molecule has 0 fully saturated rings. The van der Waals surface area contributed by atoms with Crippen LogP contribution in [-0.2, 0) is 6.42 Å². The number of hydrogen-bond donors (Lipinski definition) is 0. The number of carbonyl (C=O) groups is 1. The summed E-state index contributed by atoms with van der Waals surface area (Å²) in [5.41, 5.74) is 4.01. The van der Waals surface area contributed by atoms with Crippen LogP contribution in [0.3, 0.4) is 0 Å². The third-order valence-electron chi connectivity index (χ3n) is 4.33. The Hall–Kier alpha value is -2.40. The summed E-state index contributed by atoms with van der Waals surface area (Å²) in [6.45, 7) is 4.56. The lowest BCUT2D eigenvalue weighted by atomic mass is 9.94. The summed E-state index contributed by atoms with van der Waals surface area (Å²) < 4.78 is 0. The normalized spacial score (nSPS) is 13.5. The second kappa shape index (κ2) is 6.24. The molecule has 0 aliphatic carbocycles. The Kier molecular flexibility index (Phi) is 4.28. The van der Waals surface area contributed by atoms with Crippen LogP contribution in [0.5, 0.6) is 0 Å². The molecule has 1 aliphatic heterocycles. The summed E-state index contributed by atoms with van der Waals surface area (Å²) in [7, 11) is 0. The van der Waals surface area contributed by atoms with E-state index in [9.17, 15) is 14.9 Å². The van der Waals surface area contributed by atoms with Crippen LogP contribution in [0.25, 0.3) is 0 Å². The van der Waals surface area contributed by atoms with Gasteiger partial charge in [-0.15, -0.1) is 0 Å². The minimum Gasteiger partial charge on any atom is -0.308 e. The second-order valence-corrected chi connectivity index (χ2v) is 6.49. The summed E-state index contributed by atoms with van der Waals surface area (Å²) in [5, 5.41) is 11.5. The Balaban J connectivity index is 2.09. The van der Waals surface area contributed by atoms with Crippen LogP contribution in [0.2, 0.25) is 5.02 Å². The molecule has 0 N–H and O–H groups in total. The number of nitro groups is 1. The predicted octanol–water partition coefficient (Wildman–Crippen LogP) is 4.46. The van der Waals surface area contributed by atoms with E-state index >= 15 is 0 Å². The number of carbonyl (C=O) groups excluding carboxylic acids is 1. The van der Waals surface area contributed by atoms with E-state index in [0.29, 0.717) is 6.54 Å². The highest BCUT2D eigenvalue weighted by molar-refractivity contribution is 6.31. The molecular formula is C18H17ClN2O3. The van der Waals surface area contributed by atoms with Crippen molar-refractivity contribution in [2.75, 3.05) is 11.4 Å². The van der Waals surface area contributed by atoms with Crippen LogP contribution in [0.15, 0.2) is 30.3 Å². The zero-order chi connectivity index (χ0) is 17.4. The van der Waals surface area contributed by atoms with Crippen molar-refractivity contribution in [3.8, 4) is 0 Å². The summed E-state index contributed by atoms with van der Waals surface area (Å²) in [6.07, 6.45) is 1.75.